The monoisotopic (exact) mass is 239 g/mol. The van der Waals surface area contributed by atoms with Gasteiger partial charge >= 0.3 is 5.97 Å². The van der Waals surface area contributed by atoms with Crippen LogP contribution in [0.15, 0.2) is 48.8 Å². The molecule has 0 aliphatic rings. The highest BCUT2D eigenvalue weighted by molar-refractivity contribution is 5.85. The van der Waals surface area contributed by atoms with Crippen LogP contribution in [0.4, 0.5) is 0 Å². The maximum absolute atomic E-state index is 10.5. The average molecular weight is 239 g/mol. The van der Waals surface area contributed by atoms with Crippen LogP contribution < -0.4 is 0 Å². The number of carboxylic acid groups (broad SMARTS) is 1. The quantitative estimate of drug-likeness (QED) is 0.837. The van der Waals surface area contributed by atoms with Crippen molar-refractivity contribution in [2.45, 2.75) is 6.92 Å². The molecule has 0 aliphatic heterocycles. The van der Waals surface area contributed by atoms with E-state index in [1.807, 2.05) is 37.3 Å². The van der Waals surface area contributed by atoms with Gasteiger partial charge in [0.2, 0.25) is 0 Å². The van der Waals surface area contributed by atoms with Crippen LogP contribution in [0.25, 0.3) is 17.2 Å². The van der Waals surface area contributed by atoms with Crippen molar-refractivity contribution in [1.82, 2.24) is 4.98 Å². The molecule has 0 atom stereocenters. The maximum Gasteiger partial charge on any atom is 0.328 e. The van der Waals surface area contributed by atoms with Crippen LogP contribution in [0.1, 0.15) is 11.1 Å². The number of nitrogens with zero attached hydrogens (tertiary/aromatic N) is 1. The summed E-state index contributed by atoms with van der Waals surface area (Å²) in [5.74, 6) is -0.962. The minimum absolute atomic E-state index is 0.774. The summed E-state index contributed by atoms with van der Waals surface area (Å²) in [5.41, 5.74) is 4.02. The molecule has 2 aromatic rings. The number of hydrogen-bond donors (Lipinski definition) is 1. The van der Waals surface area contributed by atoms with Crippen LogP contribution in [-0.2, 0) is 4.79 Å². The van der Waals surface area contributed by atoms with Crippen LogP contribution in [0, 0.1) is 6.92 Å². The maximum atomic E-state index is 10.5. The molecule has 2 rings (SSSR count). The minimum Gasteiger partial charge on any atom is -0.478 e. The van der Waals surface area contributed by atoms with E-state index in [9.17, 15) is 4.79 Å². The van der Waals surface area contributed by atoms with Crippen LogP contribution >= 0.6 is 0 Å². The van der Waals surface area contributed by atoms with Gasteiger partial charge in [-0.25, -0.2) is 4.79 Å². The van der Waals surface area contributed by atoms with Gasteiger partial charge in [-0.05, 0) is 30.2 Å². The number of aromatic nitrogens is 1. The summed E-state index contributed by atoms with van der Waals surface area (Å²) < 4.78 is 0. The van der Waals surface area contributed by atoms with Gasteiger partial charge in [0.15, 0.2) is 0 Å². The zero-order chi connectivity index (χ0) is 13.0. The first-order chi connectivity index (χ1) is 8.65. The van der Waals surface area contributed by atoms with Crippen molar-refractivity contribution in [1.29, 1.82) is 0 Å². The standard InChI is InChI=1S/C15H13NO2/c1-11-2-5-13(6-3-11)14-8-12(9-16-10-14)4-7-15(17)18/h2-10H,1H3,(H,17,18)/b7-4+. The van der Waals surface area contributed by atoms with Crippen LogP contribution in [0.5, 0.6) is 0 Å². The number of carbonyl (C=O) groups is 1. The zero-order valence-electron chi connectivity index (χ0n) is 10.00. The number of aliphatic carboxylic acids is 1. The molecule has 3 nitrogen and oxygen atoms in total. The number of rotatable bonds is 3. The predicted octanol–water partition coefficient (Wildman–Crippen LogP) is 3.15. The summed E-state index contributed by atoms with van der Waals surface area (Å²) >= 11 is 0. The lowest BCUT2D eigenvalue weighted by atomic mass is 10.0. The van der Waals surface area contributed by atoms with E-state index in [0.717, 1.165) is 22.8 Å². The van der Waals surface area contributed by atoms with E-state index in [4.69, 9.17) is 5.11 Å². The molecule has 1 N–H and O–H groups in total. The molecule has 1 heterocycles. The van der Waals surface area contributed by atoms with E-state index in [1.165, 1.54) is 11.6 Å². The van der Waals surface area contributed by atoms with Crippen molar-refractivity contribution in [3.05, 3.63) is 59.9 Å². The van der Waals surface area contributed by atoms with E-state index in [0.29, 0.717) is 0 Å². The molecule has 0 amide bonds. The molecular formula is C15H13NO2. The van der Waals surface area contributed by atoms with E-state index >= 15 is 0 Å². The van der Waals surface area contributed by atoms with Crippen molar-refractivity contribution in [3.63, 3.8) is 0 Å². The van der Waals surface area contributed by atoms with Gasteiger partial charge in [-0.1, -0.05) is 29.8 Å². The summed E-state index contributed by atoms with van der Waals surface area (Å²) in [6.45, 7) is 2.04. The predicted molar refractivity (Wildman–Crippen MR) is 71.1 cm³/mol. The van der Waals surface area contributed by atoms with Crippen molar-refractivity contribution >= 4 is 12.0 Å². The number of benzene rings is 1. The summed E-state index contributed by atoms with van der Waals surface area (Å²) in [7, 11) is 0. The average Bonchev–Trinajstić information content (AvgIpc) is 2.37. The van der Waals surface area contributed by atoms with Crippen molar-refractivity contribution in [2.75, 3.05) is 0 Å². The molecule has 0 aliphatic carbocycles. The fourth-order valence-corrected chi connectivity index (χ4v) is 1.62. The third kappa shape index (κ3) is 3.04. The summed E-state index contributed by atoms with van der Waals surface area (Å²) in [4.78, 5) is 14.6. The molecule has 3 heteroatoms. The SMILES string of the molecule is Cc1ccc(-c2cncc(/C=C/C(=O)O)c2)cc1. The van der Waals surface area contributed by atoms with Crippen LogP contribution in [-0.4, -0.2) is 16.1 Å². The Kier molecular flexibility index (Phi) is 3.53. The number of hydrogen-bond acceptors (Lipinski definition) is 2. The second kappa shape index (κ2) is 5.27. The molecule has 1 aromatic carbocycles. The van der Waals surface area contributed by atoms with Gasteiger partial charge in [0.05, 0.1) is 0 Å². The molecule has 1 aromatic heterocycles. The molecule has 0 spiro atoms. The van der Waals surface area contributed by atoms with Gasteiger partial charge in [0.25, 0.3) is 0 Å². The Morgan fingerprint density at radius 2 is 1.89 bits per heavy atom. The van der Waals surface area contributed by atoms with E-state index < -0.39 is 5.97 Å². The van der Waals surface area contributed by atoms with Crippen molar-refractivity contribution in [3.8, 4) is 11.1 Å². The first-order valence-electron chi connectivity index (χ1n) is 5.58. The topological polar surface area (TPSA) is 50.2 Å². The highest BCUT2D eigenvalue weighted by Crippen LogP contribution is 2.20. The molecule has 0 unspecified atom stereocenters. The number of aryl methyl sites for hydroxylation is 1. The molecule has 0 fully saturated rings. The lowest BCUT2D eigenvalue weighted by Gasteiger charge is -2.02. The summed E-state index contributed by atoms with van der Waals surface area (Å²) in [6, 6.07) is 10.0. The van der Waals surface area contributed by atoms with Crippen molar-refractivity contribution in [2.24, 2.45) is 0 Å². The van der Waals surface area contributed by atoms with E-state index in [1.54, 1.807) is 12.4 Å². The van der Waals surface area contributed by atoms with Gasteiger partial charge in [0, 0.05) is 24.0 Å². The first-order valence-corrected chi connectivity index (χ1v) is 5.58. The number of carboxylic acids is 1. The first kappa shape index (κ1) is 12.0. The second-order valence-electron chi connectivity index (χ2n) is 4.04. The van der Waals surface area contributed by atoms with Crippen LogP contribution in [0.2, 0.25) is 0 Å². The normalized spacial score (nSPS) is 10.7. The summed E-state index contributed by atoms with van der Waals surface area (Å²) in [6.07, 6.45) is 6.04. The fraction of sp³-hybridized carbons (Fsp3) is 0.0667. The fourth-order valence-electron chi connectivity index (χ4n) is 1.62. The summed E-state index contributed by atoms with van der Waals surface area (Å²) in [5, 5.41) is 8.58. The highest BCUT2D eigenvalue weighted by atomic mass is 16.4. The highest BCUT2D eigenvalue weighted by Gasteiger charge is 1.99. The third-order valence-electron chi connectivity index (χ3n) is 2.56. The molecule has 0 bridgehead atoms. The van der Waals surface area contributed by atoms with E-state index in [-0.39, 0.29) is 0 Å². The van der Waals surface area contributed by atoms with Gasteiger partial charge < -0.3 is 5.11 Å². The Bertz CT molecular complexity index is 586. The van der Waals surface area contributed by atoms with Crippen LogP contribution in [0.3, 0.4) is 0 Å². The Balaban J connectivity index is 2.32. The van der Waals surface area contributed by atoms with Gasteiger partial charge in [0.1, 0.15) is 0 Å². The van der Waals surface area contributed by atoms with Gasteiger partial charge in [-0.15, -0.1) is 0 Å². The molecule has 0 saturated heterocycles. The van der Waals surface area contributed by atoms with E-state index in [2.05, 4.69) is 4.98 Å². The molecule has 0 saturated carbocycles. The zero-order valence-corrected chi connectivity index (χ0v) is 10.00. The van der Waals surface area contributed by atoms with Gasteiger partial charge in [-0.2, -0.15) is 0 Å². The van der Waals surface area contributed by atoms with Gasteiger partial charge in [-0.3, -0.25) is 4.98 Å². The molecule has 0 radical (unpaired) electrons. The second-order valence-corrected chi connectivity index (χ2v) is 4.04. The largest absolute Gasteiger partial charge is 0.478 e. The Hall–Kier alpha value is -2.42. The minimum atomic E-state index is -0.962. The lowest BCUT2D eigenvalue weighted by Crippen LogP contribution is -1.87. The lowest BCUT2D eigenvalue weighted by molar-refractivity contribution is -0.131. The molecular weight excluding hydrogens is 226 g/mol. The third-order valence-corrected chi connectivity index (χ3v) is 2.56. The molecule has 90 valence electrons. The number of pyridine rings is 1. The Morgan fingerprint density at radius 1 is 1.17 bits per heavy atom. The van der Waals surface area contributed by atoms with Crippen molar-refractivity contribution < 1.29 is 9.90 Å². The Morgan fingerprint density at radius 3 is 2.56 bits per heavy atom. The Labute approximate surface area is 105 Å². The molecule has 18 heavy (non-hydrogen) atoms. The smallest absolute Gasteiger partial charge is 0.328 e.